The Morgan fingerprint density at radius 2 is 2.00 bits per heavy atom. The molecule has 0 aromatic heterocycles. The number of halogens is 1. The molecule has 66 valence electrons. The zero-order valence-corrected chi connectivity index (χ0v) is 8.62. The van der Waals surface area contributed by atoms with Crippen LogP contribution in [0.15, 0.2) is 0 Å². The van der Waals surface area contributed by atoms with Gasteiger partial charge in [-0.05, 0) is 18.3 Å². The molecule has 1 aliphatic carbocycles. The van der Waals surface area contributed by atoms with E-state index in [-0.39, 0.29) is 11.2 Å². The summed E-state index contributed by atoms with van der Waals surface area (Å²) in [6, 6.07) is 0. The minimum Gasteiger partial charge on any atom is -0.229 e. The maximum Gasteiger partial charge on any atom is 0.209 e. The normalized spacial score (nSPS) is 22.7. The van der Waals surface area contributed by atoms with Crippen molar-refractivity contribution in [1.82, 2.24) is 0 Å². The van der Waals surface area contributed by atoms with Crippen LogP contribution in [0.25, 0.3) is 0 Å². The van der Waals surface area contributed by atoms with Gasteiger partial charge in [-0.3, -0.25) is 0 Å². The molecule has 0 unspecified atom stereocenters. The van der Waals surface area contributed by atoms with Crippen LogP contribution in [-0.4, -0.2) is 19.5 Å². The van der Waals surface area contributed by atoms with E-state index in [1.807, 2.05) is 0 Å². The highest BCUT2D eigenvalue weighted by Gasteiger charge is 2.38. The van der Waals surface area contributed by atoms with Gasteiger partial charge >= 0.3 is 0 Å². The maximum absolute atomic E-state index is 10.8. The predicted molar refractivity (Wildman–Crippen MR) is 48.1 cm³/mol. The third-order valence-corrected chi connectivity index (χ3v) is 4.41. The number of primary sulfonamides is 1. The molecule has 0 heterocycles. The van der Waals surface area contributed by atoms with Gasteiger partial charge in [0.15, 0.2) is 0 Å². The number of rotatable bonds is 3. The molecule has 0 bridgehead atoms. The first-order valence-electron chi connectivity index (χ1n) is 3.54. The zero-order valence-electron chi connectivity index (χ0n) is 6.22. The molecule has 5 heteroatoms. The first-order valence-corrected chi connectivity index (χ1v) is 6.38. The summed E-state index contributed by atoms with van der Waals surface area (Å²) in [5, 5.41) is 5.70. The van der Waals surface area contributed by atoms with Crippen LogP contribution in [0, 0.1) is 5.41 Å². The average Bonchev–Trinajstić information content (AvgIpc) is 1.77. The second-order valence-electron chi connectivity index (χ2n) is 3.29. The molecule has 0 spiro atoms. The number of hydrogen-bond donors (Lipinski definition) is 1. The minimum absolute atomic E-state index is 0.0480. The summed E-state index contributed by atoms with van der Waals surface area (Å²) < 4.78 is 21.5. The van der Waals surface area contributed by atoms with Crippen LogP contribution in [0.1, 0.15) is 19.3 Å². The van der Waals surface area contributed by atoms with Crippen molar-refractivity contribution >= 4 is 26.0 Å². The van der Waals surface area contributed by atoms with Gasteiger partial charge < -0.3 is 0 Å². The van der Waals surface area contributed by atoms with Gasteiger partial charge in [-0.2, -0.15) is 0 Å². The molecule has 0 amide bonds. The van der Waals surface area contributed by atoms with E-state index in [1.165, 1.54) is 0 Å². The lowest BCUT2D eigenvalue weighted by atomic mass is 9.72. The Labute approximate surface area is 75.5 Å². The highest BCUT2D eigenvalue weighted by Crippen LogP contribution is 2.42. The summed E-state index contributed by atoms with van der Waals surface area (Å²) >= 11 is 3.32. The standard InChI is InChI=1S/C6H12BrNO2S/c7-4-6(2-1-3-6)5-11(8,9)10/h1-5H2,(H2,8,9,10). The van der Waals surface area contributed by atoms with Crippen molar-refractivity contribution in [3.05, 3.63) is 0 Å². The lowest BCUT2D eigenvalue weighted by molar-refractivity contribution is 0.203. The van der Waals surface area contributed by atoms with E-state index in [0.717, 1.165) is 24.6 Å². The topological polar surface area (TPSA) is 60.2 Å². The molecule has 3 nitrogen and oxygen atoms in total. The zero-order chi connectivity index (χ0) is 8.54. The van der Waals surface area contributed by atoms with Gasteiger partial charge in [0, 0.05) is 5.33 Å². The Morgan fingerprint density at radius 1 is 1.45 bits per heavy atom. The summed E-state index contributed by atoms with van der Waals surface area (Å²) in [6.07, 6.45) is 3.09. The fraction of sp³-hybridized carbons (Fsp3) is 1.00. The lowest BCUT2D eigenvalue weighted by Crippen LogP contribution is -2.40. The number of hydrogen-bond acceptors (Lipinski definition) is 2. The van der Waals surface area contributed by atoms with Gasteiger partial charge in [-0.1, -0.05) is 22.4 Å². The summed E-state index contributed by atoms with van der Waals surface area (Å²) in [5.74, 6) is 0.130. The van der Waals surface area contributed by atoms with E-state index in [1.54, 1.807) is 0 Å². The maximum atomic E-state index is 10.8. The Balaban J connectivity index is 2.59. The van der Waals surface area contributed by atoms with E-state index in [4.69, 9.17) is 5.14 Å². The molecule has 0 aliphatic heterocycles. The first-order chi connectivity index (χ1) is 4.97. The Hall–Kier alpha value is 0.390. The van der Waals surface area contributed by atoms with E-state index in [9.17, 15) is 8.42 Å². The van der Waals surface area contributed by atoms with Crippen LogP contribution in [0.4, 0.5) is 0 Å². The van der Waals surface area contributed by atoms with E-state index < -0.39 is 10.0 Å². The van der Waals surface area contributed by atoms with Crippen LogP contribution in [0.5, 0.6) is 0 Å². The average molecular weight is 242 g/mol. The summed E-state index contributed by atoms with van der Waals surface area (Å²) in [7, 11) is -3.28. The number of nitrogens with two attached hydrogens (primary N) is 1. The summed E-state index contributed by atoms with van der Waals surface area (Å²) in [4.78, 5) is 0. The van der Waals surface area contributed by atoms with Crippen LogP contribution in [0.2, 0.25) is 0 Å². The predicted octanol–water partition coefficient (Wildman–Crippen LogP) is 0.840. The van der Waals surface area contributed by atoms with Crippen LogP contribution in [0.3, 0.4) is 0 Å². The highest BCUT2D eigenvalue weighted by atomic mass is 79.9. The molecule has 0 atom stereocenters. The molecule has 1 saturated carbocycles. The fourth-order valence-corrected chi connectivity index (χ4v) is 3.69. The van der Waals surface area contributed by atoms with Gasteiger partial charge in [0.05, 0.1) is 5.75 Å². The highest BCUT2D eigenvalue weighted by molar-refractivity contribution is 9.09. The first kappa shape index (κ1) is 9.48. The number of sulfonamides is 1. The fourth-order valence-electron chi connectivity index (χ4n) is 1.42. The molecular formula is C6H12BrNO2S. The Bertz CT molecular complexity index is 227. The molecule has 2 N–H and O–H groups in total. The Morgan fingerprint density at radius 3 is 2.09 bits per heavy atom. The molecular weight excluding hydrogens is 230 g/mol. The van der Waals surface area contributed by atoms with Crippen molar-refractivity contribution < 1.29 is 8.42 Å². The van der Waals surface area contributed by atoms with Crippen LogP contribution < -0.4 is 5.14 Å². The van der Waals surface area contributed by atoms with Crippen molar-refractivity contribution in [2.75, 3.05) is 11.1 Å². The van der Waals surface area contributed by atoms with Crippen molar-refractivity contribution in [3.63, 3.8) is 0 Å². The van der Waals surface area contributed by atoms with Gasteiger partial charge in [0.2, 0.25) is 10.0 Å². The van der Waals surface area contributed by atoms with Gasteiger partial charge in [-0.15, -0.1) is 0 Å². The van der Waals surface area contributed by atoms with Crippen molar-refractivity contribution in [2.24, 2.45) is 10.6 Å². The van der Waals surface area contributed by atoms with Crippen LogP contribution >= 0.6 is 15.9 Å². The monoisotopic (exact) mass is 241 g/mol. The molecule has 0 aromatic rings. The lowest BCUT2D eigenvalue weighted by Gasteiger charge is -2.39. The van der Waals surface area contributed by atoms with Gasteiger partial charge in [0.25, 0.3) is 0 Å². The molecule has 1 rings (SSSR count). The van der Waals surface area contributed by atoms with Gasteiger partial charge in [-0.25, -0.2) is 13.6 Å². The largest absolute Gasteiger partial charge is 0.229 e. The van der Waals surface area contributed by atoms with E-state index in [0.29, 0.717) is 0 Å². The Kier molecular flexibility index (Phi) is 2.61. The second-order valence-corrected chi connectivity index (χ2v) is 5.47. The summed E-state index contributed by atoms with van der Waals surface area (Å²) in [6.45, 7) is 0. The third kappa shape index (κ3) is 2.42. The van der Waals surface area contributed by atoms with Crippen molar-refractivity contribution in [2.45, 2.75) is 19.3 Å². The van der Waals surface area contributed by atoms with Gasteiger partial charge in [0.1, 0.15) is 0 Å². The quantitative estimate of drug-likeness (QED) is 0.745. The minimum atomic E-state index is -3.28. The SMILES string of the molecule is NS(=O)(=O)CC1(CBr)CCC1. The number of alkyl halides is 1. The molecule has 11 heavy (non-hydrogen) atoms. The molecule has 1 fully saturated rings. The summed E-state index contributed by atoms with van der Waals surface area (Å²) in [5.41, 5.74) is -0.0480. The molecule has 1 aliphatic rings. The second kappa shape index (κ2) is 3.03. The van der Waals surface area contributed by atoms with Crippen LogP contribution in [-0.2, 0) is 10.0 Å². The third-order valence-electron chi connectivity index (χ3n) is 2.21. The molecule has 0 saturated heterocycles. The van der Waals surface area contributed by atoms with Crippen molar-refractivity contribution in [3.8, 4) is 0 Å². The van der Waals surface area contributed by atoms with Crippen molar-refractivity contribution in [1.29, 1.82) is 0 Å². The smallest absolute Gasteiger partial charge is 0.209 e. The molecule has 0 radical (unpaired) electrons. The molecule has 0 aromatic carbocycles. The van der Waals surface area contributed by atoms with E-state index in [2.05, 4.69) is 15.9 Å². The van der Waals surface area contributed by atoms with E-state index >= 15 is 0 Å².